The fraction of sp³-hybridized carbons (Fsp3) is 0.538. The van der Waals surface area contributed by atoms with Gasteiger partial charge in [0.15, 0.2) is 0 Å². The highest BCUT2D eigenvalue weighted by Crippen LogP contribution is 2.21. The van der Waals surface area contributed by atoms with E-state index in [9.17, 15) is 17.2 Å². The maximum Gasteiger partial charge on any atom is 0.276 e. The van der Waals surface area contributed by atoms with E-state index in [-0.39, 0.29) is 0 Å². The maximum absolute atomic E-state index is 13.4. The summed E-state index contributed by atoms with van der Waals surface area (Å²) in [4.78, 5) is 0. The minimum absolute atomic E-state index is 0.602. The van der Waals surface area contributed by atoms with Crippen LogP contribution in [0.1, 0.15) is 20.8 Å². The Morgan fingerprint density at radius 1 is 1.45 bits per heavy atom. The second-order valence-electron chi connectivity index (χ2n) is 4.83. The van der Waals surface area contributed by atoms with Crippen molar-refractivity contribution < 1.29 is 21.8 Å². The fourth-order valence-corrected chi connectivity index (χ4v) is 2.11. The Balaban J connectivity index is 4.95. The Kier molecular flexibility index (Phi) is 6.54. The van der Waals surface area contributed by atoms with Crippen molar-refractivity contribution in [3.8, 4) is 12.3 Å². The smallest absolute Gasteiger partial charge is 0.276 e. The molecule has 0 amide bonds. The van der Waals surface area contributed by atoms with Gasteiger partial charge in [-0.15, -0.1) is 6.42 Å². The number of allylic oxidation sites excluding steroid dienone is 2. The maximum atomic E-state index is 13.4. The second kappa shape index (κ2) is 6.97. The molecule has 2 N–H and O–H groups in total. The molecule has 4 nitrogen and oxygen atoms in total. The SMILES string of the molecule is C#C/C=C(\C=C/C)C(C)(C)NCC(F)(F)CS(=O)(=O)O. The molecule has 0 fully saturated rings. The van der Waals surface area contributed by atoms with Gasteiger partial charge in [-0.2, -0.15) is 8.42 Å². The van der Waals surface area contributed by atoms with Gasteiger partial charge < -0.3 is 5.32 Å². The van der Waals surface area contributed by atoms with Gasteiger partial charge in [0.25, 0.3) is 16.0 Å². The van der Waals surface area contributed by atoms with Crippen molar-refractivity contribution in [3.63, 3.8) is 0 Å². The molecule has 0 aromatic rings. The molecule has 0 spiro atoms. The lowest BCUT2D eigenvalue weighted by atomic mass is 9.93. The predicted molar refractivity (Wildman–Crippen MR) is 75.2 cm³/mol. The van der Waals surface area contributed by atoms with Crippen LogP contribution in [0.5, 0.6) is 0 Å². The van der Waals surface area contributed by atoms with Gasteiger partial charge in [0.05, 0.1) is 6.54 Å². The molecule has 114 valence electrons. The molecule has 0 unspecified atom stereocenters. The van der Waals surface area contributed by atoms with Crippen molar-refractivity contribution in [2.45, 2.75) is 32.2 Å². The van der Waals surface area contributed by atoms with Gasteiger partial charge in [0.2, 0.25) is 0 Å². The fourth-order valence-electron chi connectivity index (χ4n) is 1.48. The molecule has 0 heterocycles. The summed E-state index contributed by atoms with van der Waals surface area (Å²) in [5.41, 5.74) is -0.271. The zero-order valence-electron chi connectivity index (χ0n) is 11.7. The molecule has 0 bridgehead atoms. The minimum Gasteiger partial charge on any atom is -0.302 e. The zero-order chi connectivity index (χ0) is 16.0. The highest BCUT2D eigenvalue weighted by molar-refractivity contribution is 7.85. The molecule has 0 aliphatic rings. The van der Waals surface area contributed by atoms with Gasteiger partial charge in [-0.1, -0.05) is 18.1 Å². The molecule has 0 radical (unpaired) electrons. The normalized spacial score (nSPS) is 14.6. The van der Waals surface area contributed by atoms with Crippen LogP contribution in [0.25, 0.3) is 0 Å². The topological polar surface area (TPSA) is 66.4 Å². The van der Waals surface area contributed by atoms with Crippen LogP contribution in [-0.4, -0.2) is 36.7 Å². The van der Waals surface area contributed by atoms with Crippen molar-refractivity contribution in [1.82, 2.24) is 5.32 Å². The third kappa shape index (κ3) is 7.38. The van der Waals surface area contributed by atoms with Crippen LogP contribution in [0.15, 0.2) is 23.8 Å². The monoisotopic (exact) mass is 307 g/mol. The summed E-state index contributed by atoms with van der Waals surface area (Å²) in [5, 5.41) is 2.55. The van der Waals surface area contributed by atoms with Crippen LogP contribution in [0, 0.1) is 12.3 Å². The van der Waals surface area contributed by atoms with Gasteiger partial charge in [-0.3, -0.25) is 4.55 Å². The number of halogens is 2. The first kappa shape index (κ1) is 18.8. The van der Waals surface area contributed by atoms with E-state index >= 15 is 0 Å². The summed E-state index contributed by atoms with van der Waals surface area (Å²) < 4.78 is 56.3. The van der Waals surface area contributed by atoms with E-state index in [0.29, 0.717) is 5.57 Å². The molecule has 0 saturated heterocycles. The van der Waals surface area contributed by atoms with Crippen LogP contribution in [0.2, 0.25) is 0 Å². The minimum atomic E-state index is -4.74. The highest BCUT2D eigenvalue weighted by atomic mass is 32.2. The Labute approximate surface area is 118 Å². The predicted octanol–water partition coefficient (Wildman–Crippen LogP) is 2.01. The van der Waals surface area contributed by atoms with Gasteiger partial charge in [-0.05, 0) is 32.4 Å². The number of nitrogens with one attached hydrogen (secondary N) is 1. The average Bonchev–Trinajstić information content (AvgIpc) is 2.23. The Morgan fingerprint density at radius 2 is 2.00 bits per heavy atom. The second-order valence-corrected chi connectivity index (χ2v) is 6.28. The van der Waals surface area contributed by atoms with Gasteiger partial charge in [0, 0.05) is 5.54 Å². The van der Waals surface area contributed by atoms with E-state index in [2.05, 4.69) is 11.2 Å². The number of terminal acetylenes is 1. The lowest BCUT2D eigenvalue weighted by Gasteiger charge is -2.30. The van der Waals surface area contributed by atoms with Crippen molar-refractivity contribution >= 4 is 10.1 Å². The van der Waals surface area contributed by atoms with E-state index in [0.717, 1.165) is 0 Å². The van der Waals surface area contributed by atoms with Crippen LogP contribution in [0.4, 0.5) is 8.78 Å². The molecule has 0 aliphatic heterocycles. The number of rotatable bonds is 7. The first-order valence-electron chi connectivity index (χ1n) is 5.81. The Morgan fingerprint density at radius 3 is 2.40 bits per heavy atom. The third-order valence-corrected chi connectivity index (χ3v) is 3.28. The van der Waals surface area contributed by atoms with Crippen molar-refractivity contribution in [1.29, 1.82) is 0 Å². The van der Waals surface area contributed by atoms with E-state index in [1.165, 1.54) is 6.08 Å². The van der Waals surface area contributed by atoms with Crippen molar-refractivity contribution in [2.75, 3.05) is 12.3 Å². The van der Waals surface area contributed by atoms with E-state index in [4.69, 9.17) is 11.0 Å². The summed E-state index contributed by atoms with van der Waals surface area (Å²) in [6, 6.07) is 0. The highest BCUT2D eigenvalue weighted by Gasteiger charge is 2.36. The summed E-state index contributed by atoms with van der Waals surface area (Å²) >= 11 is 0. The molecular formula is C13H19F2NO3S. The van der Waals surface area contributed by atoms with Crippen LogP contribution in [-0.2, 0) is 10.1 Å². The number of hydrogen-bond donors (Lipinski definition) is 2. The van der Waals surface area contributed by atoms with Crippen LogP contribution >= 0.6 is 0 Å². The van der Waals surface area contributed by atoms with E-state index in [1.54, 1.807) is 32.9 Å². The Hall–Kier alpha value is -1.23. The quantitative estimate of drug-likeness (QED) is 0.429. The molecule has 20 heavy (non-hydrogen) atoms. The standard InChI is InChI=1S/C13H19F2NO3S/c1-5-7-11(8-6-2)12(3,4)16-9-13(14,15)10-20(17,18)19/h1,6-8,16H,9-10H2,2-4H3,(H,17,18,19)/b8-6-,11-7+. The molecule has 0 aliphatic carbocycles. The first-order chi connectivity index (χ1) is 8.93. The Bertz CT molecular complexity index is 528. The van der Waals surface area contributed by atoms with Crippen LogP contribution in [0.3, 0.4) is 0 Å². The lowest BCUT2D eigenvalue weighted by Crippen LogP contribution is -2.48. The van der Waals surface area contributed by atoms with E-state index < -0.39 is 33.9 Å². The summed E-state index contributed by atoms with van der Waals surface area (Å²) in [6.45, 7) is 4.13. The molecule has 7 heteroatoms. The summed E-state index contributed by atoms with van der Waals surface area (Å²) in [7, 11) is -4.74. The van der Waals surface area contributed by atoms with Crippen molar-refractivity contribution in [3.05, 3.63) is 23.8 Å². The molecule has 0 saturated carbocycles. The molecular weight excluding hydrogens is 288 g/mol. The summed E-state index contributed by atoms with van der Waals surface area (Å²) in [5.74, 6) is -2.89. The third-order valence-electron chi connectivity index (χ3n) is 2.49. The molecule has 0 aromatic carbocycles. The number of alkyl halides is 2. The molecule has 0 rings (SSSR count). The van der Waals surface area contributed by atoms with Crippen LogP contribution < -0.4 is 5.32 Å². The average molecular weight is 307 g/mol. The van der Waals surface area contributed by atoms with Gasteiger partial charge >= 0.3 is 0 Å². The largest absolute Gasteiger partial charge is 0.302 e. The lowest BCUT2D eigenvalue weighted by molar-refractivity contribution is 0.0199. The van der Waals surface area contributed by atoms with E-state index in [1.807, 2.05) is 0 Å². The first-order valence-corrected chi connectivity index (χ1v) is 7.42. The zero-order valence-corrected chi connectivity index (χ0v) is 12.5. The number of hydrogen-bond acceptors (Lipinski definition) is 3. The van der Waals surface area contributed by atoms with Gasteiger partial charge in [0.1, 0.15) is 5.75 Å². The van der Waals surface area contributed by atoms with Crippen molar-refractivity contribution in [2.24, 2.45) is 0 Å². The molecule has 0 aromatic heterocycles. The molecule has 0 atom stereocenters. The summed E-state index contributed by atoms with van der Waals surface area (Å²) in [6.07, 6.45) is 10.00. The van der Waals surface area contributed by atoms with Gasteiger partial charge in [-0.25, -0.2) is 8.78 Å².